The van der Waals surface area contributed by atoms with E-state index in [-0.39, 0.29) is 11.9 Å². The maximum Gasteiger partial charge on any atom is 0.256 e. The number of H-pyrrole nitrogens is 1. The van der Waals surface area contributed by atoms with Crippen LogP contribution in [0.3, 0.4) is 0 Å². The van der Waals surface area contributed by atoms with Gasteiger partial charge in [0.15, 0.2) is 17.6 Å². The second kappa shape index (κ2) is 59.5. The van der Waals surface area contributed by atoms with Gasteiger partial charge in [0, 0.05) is 138 Å². The molecule has 121 heavy (non-hydrogen) atoms. The molecule has 13 heterocycles. The van der Waals surface area contributed by atoms with Gasteiger partial charge in [-0.2, -0.15) is 15.3 Å². The Morgan fingerprint density at radius 1 is 0.388 bits per heavy atom. The quantitative estimate of drug-likeness (QED) is 0.112. The number of oxazole rings is 2. The first-order valence-electron chi connectivity index (χ1n) is 42.1. The van der Waals surface area contributed by atoms with Crippen LogP contribution in [0.1, 0.15) is 367 Å². The molecule has 1 aliphatic rings. The second-order valence-corrected chi connectivity index (χ2v) is 35.8. The normalized spacial score (nSPS) is 10.9. The van der Waals surface area contributed by atoms with Crippen LogP contribution in [0.4, 0.5) is 0 Å². The molecule has 13 aromatic rings. The van der Waals surface area contributed by atoms with Crippen molar-refractivity contribution in [2.45, 2.75) is 305 Å². The van der Waals surface area contributed by atoms with Gasteiger partial charge in [0.25, 0.3) is 5.91 Å². The SMILES string of the molecule is CC(C)N1Cc2ncccc2C1=O.CC(C)c1ccccc1.CC(C)c1ccccn1.CC(C)c1cccnc1.CC(C)c1cccnn1.CC(C)c1cnccn1.CC(C)c1nccnn1.Cc1cnc(C(C)C)s1.Cc1coc(C(C)C)n1.Cc1csc(C(C)C)n1.Cc1nc(C(C)C)co1.Cc1nc(C(C)C)cs1.Cc1ncc(C(C)C)[nH]1. The standard InChI is InChI=1S/C10H12N2O.C9H12.2C8H11N.C7H12N2.2C7H10N2.2C7H11NO.3C7H11NS.C6H9N3/c1-7(2)12-6-9-8(10(12)13)4-3-5-11-9;1-8(2)9-6-4-3-5-7-9;1-7(2)8-4-3-5-9-6-8;1-7(2)8-5-3-4-6-9-8;1-5(2)7-4-8-6(3)9-7;1-6(2)7-5-8-3-4-9-7;1-6(2)7-4-3-5-8-9-7;1-5(2)7-4-9-6(3)8-7;1-5(2)7-8-6(3)4-9-7;1-5(2)7-4-9-6(3)8-7;1-5(2)7-8-6(3)4-9-7;1-5(2)7-8-4-6(3)9-7;1-5(2)6-7-3-4-8-9-6/h3-5,7H,6H2,1-2H3;3-8H,1-2H3;2*3-7H,1-2H3;4-5H,1-3H3,(H,8,9);2*3-6H,1-2H3;5*4-5H,1-3H3;3-5H,1-2H3. The Morgan fingerprint density at radius 2 is 0.967 bits per heavy atom. The largest absolute Gasteiger partial charge is 0.449 e. The fourth-order valence-corrected chi connectivity index (χ4v) is 11.9. The monoisotopic (exact) mass is 1700 g/mol. The van der Waals surface area contributed by atoms with Gasteiger partial charge in [-0.25, -0.2) is 34.9 Å². The second-order valence-electron chi connectivity index (χ2n) is 32.6. The highest BCUT2D eigenvalue weighted by Gasteiger charge is 2.29. The van der Waals surface area contributed by atoms with Gasteiger partial charge < -0.3 is 18.7 Å². The molecule has 0 fully saturated rings. The number of nitrogens with one attached hydrogen (secondary N) is 1. The van der Waals surface area contributed by atoms with Crippen molar-refractivity contribution < 1.29 is 13.6 Å². The minimum Gasteiger partial charge on any atom is -0.449 e. The number of carbonyl (C=O) groups excluding carboxylic acids is 1. The number of hydrogen-bond acceptors (Lipinski definition) is 22. The summed E-state index contributed by atoms with van der Waals surface area (Å²) in [6.07, 6.45) is 24.6. The van der Waals surface area contributed by atoms with Crippen LogP contribution in [-0.4, -0.2) is 102 Å². The first kappa shape index (κ1) is 107. The van der Waals surface area contributed by atoms with E-state index in [1.807, 2.05) is 141 Å². The lowest BCUT2D eigenvalue weighted by atomic mass is 10.0. The molecular weight excluding hydrogens is 1560 g/mol. The molecule has 12 aromatic heterocycles. The fourth-order valence-electron chi connectivity index (χ4n) is 9.53. The third-order valence-corrected chi connectivity index (χ3v) is 20.3. The zero-order chi connectivity index (χ0) is 90.7. The molecule has 1 aliphatic heterocycles. The number of pyridine rings is 3. The highest BCUT2D eigenvalue weighted by atomic mass is 32.1. The topological polar surface area (TPSA) is 269 Å². The Bertz CT molecular complexity index is 4030. The third kappa shape index (κ3) is 45.9. The van der Waals surface area contributed by atoms with Crippen LogP contribution in [0.15, 0.2) is 191 Å². The van der Waals surface area contributed by atoms with Crippen molar-refractivity contribution in [2.24, 2.45) is 0 Å². The van der Waals surface area contributed by atoms with Gasteiger partial charge in [-0.05, 0) is 149 Å². The number of carbonyl (C=O) groups is 1. The zero-order valence-corrected chi connectivity index (χ0v) is 81.0. The summed E-state index contributed by atoms with van der Waals surface area (Å²) in [5.41, 5.74) is 13.2. The number of aryl methyl sites for hydroxylation is 6. The first-order chi connectivity index (χ1) is 57.2. The Labute approximate surface area is 737 Å². The number of fused-ring (bicyclic) bond motifs is 1. The van der Waals surface area contributed by atoms with Crippen LogP contribution in [0.2, 0.25) is 0 Å². The third-order valence-electron chi connectivity index (χ3n) is 17.0. The number of aromatic amines is 1. The van der Waals surface area contributed by atoms with E-state index < -0.39 is 0 Å². The molecule has 21 nitrogen and oxygen atoms in total. The number of imidazole rings is 1. The first-order valence-corrected chi connectivity index (χ1v) is 44.7. The van der Waals surface area contributed by atoms with Crippen LogP contribution in [0.25, 0.3) is 0 Å². The number of aromatic nitrogens is 17. The molecule has 24 heteroatoms. The summed E-state index contributed by atoms with van der Waals surface area (Å²) in [6, 6.07) is 28.4. The predicted octanol–water partition coefficient (Wildman–Crippen LogP) is 26.6. The lowest BCUT2D eigenvalue weighted by molar-refractivity contribution is 0.0730. The van der Waals surface area contributed by atoms with E-state index >= 15 is 0 Å². The Balaban J connectivity index is 0.000000445. The zero-order valence-electron chi connectivity index (χ0n) is 78.6. The lowest BCUT2D eigenvalue weighted by Crippen LogP contribution is -2.30. The van der Waals surface area contributed by atoms with Crippen molar-refractivity contribution >= 4 is 39.9 Å². The average molecular weight is 1700 g/mol. The van der Waals surface area contributed by atoms with E-state index in [0.29, 0.717) is 77.6 Å². The van der Waals surface area contributed by atoms with Crippen molar-refractivity contribution in [3.63, 3.8) is 0 Å². The van der Waals surface area contributed by atoms with Crippen molar-refractivity contribution in [1.82, 2.24) is 90.1 Å². The van der Waals surface area contributed by atoms with E-state index in [9.17, 15) is 4.79 Å². The van der Waals surface area contributed by atoms with Crippen molar-refractivity contribution in [3.8, 4) is 0 Å². The Morgan fingerprint density at radius 3 is 1.28 bits per heavy atom. The van der Waals surface area contributed by atoms with Crippen LogP contribution >= 0.6 is 34.0 Å². The van der Waals surface area contributed by atoms with E-state index in [4.69, 9.17) is 8.83 Å². The summed E-state index contributed by atoms with van der Waals surface area (Å²) >= 11 is 5.25. The summed E-state index contributed by atoms with van der Waals surface area (Å²) in [5.74, 6) is 9.82. The molecule has 1 amide bonds. The summed E-state index contributed by atoms with van der Waals surface area (Å²) in [4.78, 5) is 67.7. The lowest BCUT2D eigenvalue weighted by Gasteiger charge is -2.19. The molecule has 1 N–H and O–H groups in total. The number of benzene rings is 1. The molecule has 14 rings (SSSR count). The average Bonchev–Trinajstić information content (AvgIpc) is 1.66. The van der Waals surface area contributed by atoms with Crippen LogP contribution in [0.5, 0.6) is 0 Å². The smallest absolute Gasteiger partial charge is 0.256 e. The molecular formula is C97H142N18O3S3. The van der Waals surface area contributed by atoms with Crippen LogP contribution in [0, 0.1) is 41.5 Å². The van der Waals surface area contributed by atoms with Gasteiger partial charge >= 0.3 is 0 Å². The van der Waals surface area contributed by atoms with Crippen molar-refractivity contribution in [3.05, 3.63) is 294 Å². The summed E-state index contributed by atoms with van der Waals surface area (Å²) < 4.78 is 10.1. The Hall–Kier alpha value is -10.2. The predicted molar refractivity (Wildman–Crippen MR) is 503 cm³/mol. The molecule has 0 saturated carbocycles. The Kier molecular flexibility index (Phi) is 52.6. The molecule has 0 atom stereocenters. The highest BCUT2D eigenvalue weighted by Crippen LogP contribution is 2.24. The van der Waals surface area contributed by atoms with Crippen LogP contribution in [-0.2, 0) is 6.54 Å². The maximum absolute atomic E-state index is 11.7. The number of amides is 1. The summed E-state index contributed by atoms with van der Waals surface area (Å²) in [6.45, 7) is 67.7. The van der Waals surface area contributed by atoms with Crippen molar-refractivity contribution in [2.75, 3.05) is 0 Å². The van der Waals surface area contributed by atoms with Gasteiger partial charge in [0.1, 0.15) is 18.4 Å². The van der Waals surface area contributed by atoms with E-state index in [1.165, 1.54) is 42.4 Å². The van der Waals surface area contributed by atoms with E-state index in [1.54, 1.807) is 102 Å². The van der Waals surface area contributed by atoms with Gasteiger partial charge in [-0.3, -0.25) is 29.7 Å². The minimum absolute atomic E-state index is 0.109. The maximum atomic E-state index is 11.7. The molecule has 656 valence electrons. The highest BCUT2D eigenvalue weighted by molar-refractivity contribution is 7.11. The van der Waals surface area contributed by atoms with Gasteiger partial charge in [0.05, 0.1) is 67.5 Å². The number of thiazole rings is 3. The van der Waals surface area contributed by atoms with Crippen molar-refractivity contribution in [1.29, 1.82) is 0 Å². The molecule has 1 aromatic carbocycles. The van der Waals surface area contributed by atoms with Gasteiger partial charge in [-0.15, -0.1) is 39.1 Å². The van der Waals surface area contributed by atoms with E-state index in [0.717, 1.165) is 68.9 Å². The van der Waals surface area contributed by atoms with E-state index in [2.05, 4.69) is 286 Å². The van der Waals surface area contributed by atoms with Gasteiger partial charge in [0.2, 0.25) is 0 Å². The number of hydrogen-bond donors (Lipinski definition) is 1. The fraction of sp³-hybridized carbons (Fsp3) is 0.474. The molecule has 0 unspecified atom stereocenters. The number of rotatable bonds is 13. The van der Waals surface area contributed by atoms with Crippen LogP contribution < -0.4 is 0 Å². The summed E-state index contributed by atoms with van der Waals surface area (Å²) in [5, 5.41) is 23.1. The molecule has 0 aliphatic carbocycles. The molecule has 0 saturated heterocycles. The number of nitrogens with zero attached hydrogens (tertiary/aromatic N) is 17. The molecule has 0 spiro atoms. The van der Waals surface area contributed by atoms with Gasteiger partial charge in [-0.1, -0.05) is 209 Å². The minimum atomic E-state index is 0.109. The molecule has 0 radical (unpaired) electrons. The summed E-state index contributed by atoms with van der Waals surface area (Å²) in [7, 11) is 0. The molecule has 0 bridgehead atoms.